The normalized spacial score (nSPS) is 10.0. The molecule has 0 atom stereocenters. The molecule has 2 rings (SSSR count). The first-order valence-corrected chi connectivity index (χ1v) is 8.60. The summed E-state index contributed by atoms with van der Waals surface area (Å²) in [7, 11) is 3.10. The van der Waals surface area contributed by atoms with Gasteiger partial charge in [-0.25, -0.2) is 4.79 Å². The van der Waals surface area contributed by atoms with E-state index in [4.69, 9.17) is 14.2 Å². The summed E-state index contributed by atoms with van der Waals surface area (Å²) in [5.74, 6) is 0.676. The minimum Gasteiger partial charge on any atom is -0.493 e. The number of benzene rings is 2. The number of amides is 1. The maximum Gasteiger partial charge on any atom is 0.338 e. The maximum atomic E-state index is 12.1. The first kappa shape index (κ1) is 20.1. The van der Waals surface area contributed by atoms with Crippen molar-refractivity contribution >= 4 is 23.3 Å². The number of esters is 1. The van der Waals surface area contributed by atoms with E-state index in [-0.39, 0.29) is 18.3 Å². The Morgan fingerprint density at radius 1 is 0.926 bits per heavy atom. The molecular formula is C20H24N2O5. The summed E-state index contributed by atoms with van der Waals surface area (Å²) in [5.41, 5.74) is 1.95. The smallest absolute Gasteiger partial charge is 0.338 e. The highest BCUT2D eigenvalue weighted by Gasteiger charge is 2.08. The van der Waals surface area contributed by atoms with Crippen molar-refractivity contribution in [3.8, 4) is 11.5 Å². The van der Waals surface area contributed by atoms with E-state index in [9.17, 15) is 9.59 Å². The zero-order chi connectivity index (χ0) is 19.6. The zero-order valence-corrected chi connectivity index (χ0v) is 15.7. The highest BCUT2D eigenvalue weighted by Crippen LogP contribution is 2.29. The third-order valence-corrected chi connectivity index (χ3v) is 3.74. The van der Waals surface area contributed by atoms with Crippen LogP contribution >= 0.6 is 0 Å². The predicted octanol–water partition coefficient (Wildman–Crippen LogP) is 3.32. The Hall–Kier alpha value is -3.22. The number of nitrogens with one attached hydrogen (secondary N) is 2. The molecule has 0 saturated carbocycles. The molecule has 0 bridgehead atoms. The molecule has 2 aromatic carbocycles. The lowest BCUT2D eigenvalue weighted by Gasteiger charge is -2.11. The van der Waals surface area contributed by atoms with Crippen LogP contribution in [-0.4, -0.2) is 39.2 Å². The number of carbonyl (C=O) groups excluding carboxylic acids is 2. The minimum absolute atomic E-state index is 0.127. The van der Waals surface area contributed by atoms with E-state index in [2.05, 4.69) is 10.6 Å². The Labute approximate surface area is 158 Å². The van der Waals surface area contributed by atoms with Gasteiger partial charge in [0.1, 0.15) is 0 Å². The number of hydrogen-bond acceptors (Lipinski definition) is 6. The average Bonchev–Trinajstić information content (AvgIpc) is 2.68. The van der Waals surface area contributed by atoms with Crippen LogP contribution in [0.5, 0.6) is 11.5 Å². The number of anilines is 2. The van der Waals surface area contributed by atoms with Crippen LogP contribution in [0, 0.1) is 0 Å². The molecule has 0 unspecified atom stereocenters. The average molecular weight is 372 g/mol. The fourth-order valence-electron chi connectivity index (χ4n) is 2.40. The fraction of sp³-hybridized carbons (Fsp3) is 0.300. The van der Waals surface area contributed by atoms with Crippen molar-refractivity contribution in [2.75, 3.05) is 38.0 Å². The third-order valence-electron chi connectivity index (χ3n) is 3.74. The molecule has 27 heavy (non-hydrogen) atoms. The first-order chi connectivity index (χ1) is 13.1. The van der Waals surface area contributed by atoms with Gasteiger partial charge in [0, 0.05) is 30.4 Å². The molecule has 0 spiro atoms. The lowest BCUT2D eigenvalue weighted by molar-refractivity contribution is -0.115. The topological polar surface area (TPSA) is 85.9 Å². The van der Waals surface area contributed by atoms with E-state index in [1.165, 1.54) is 0 Å². The standard InChI is InChI=1S/C20H24N2O5/c1-4-27-20(24)14-5-7-15(8-6-14)21-12-11-19(23)22-16-9-10-17(25-2)18(13-16)26-3/h5-10,13,21H,4,11-12H2,1-3H3,(H,22,23). The van der Waals surface area contributed by atoms with Crippen LogP contribution < -0.4 is 20.1 Å². The Morgan fingerprint density at radius 2 is 1.59 bits per heavy atom. The van der Waals surface area contributed by atoms with Crippen molar-refractivity contribution in [1.82, 2.24) is 0 Å². The molecular weight excluding hydrogens is 348 g/mol. The Bertz CT molecular complexity index is 774. The van der Waals surface area contributed by atoms with Gasteiger partial charge in [0.25, 0.3) is 0 Å². The fourth-order valence-corrected chi connectivity index (χ4v) is 2.40. The molecule has 0 aliphatic rings. The van der Waals surface area contributed by atoms with Gasteiger partial charge in [-0.3, -0.25) is 4.79 Å². The highest BCUT2D eigenvalue weighted by atomic mass is 16.5. The molecule has 7 heteroatoms. The van der Waals surface area contributed by atoms with Gasteiger partial charge in [0.2, 0.25) is 5.91 Å². The van der Waals surface area contributed by atoms with E-state index in [0.29, 0.717) is 35.9 Å². The monoisotopic (exact) mass is 372 g/mol. The van der Waals surface area contributed by atoms with Crippen molar-refractivity contribution in [3.63, 3.8) is 0 Å². The Kier molecular flexibility index (Phi) is 7.49. The lowest BCUT2D eigenvalue weighted by Crippen LogP contribution is -2.16. The summed E-state index contributed by atoms with van der Waals surface area (Å²) in [5, 5.41) is 5.96. The molecule has 0 saturated heterocycles. The van der Waals surface area contributed by atoms with Crippen LogP contribution in [0.3, 0.4) is 0 Å². The van der Waals surface area contributed by atoms with Crippen molar-refractivity contribution in [2.24, 2.45) is 0 Å². The van der Waals surface area contributed by atoms with Gasteiger partial charge >= 0.3 is 5.97 Å². The van der Waals surface area contributed by atoms with Crippen LogP contribution in [0.4, 0.5) is 11.4 Å². The molecule has 0 heterocycles. The molecule has 2 N–H and O–H groups in total. The molecule has 144 valence electrons. The summed E-state index contributed by atoms with van der Waals surface area (Å²) < 4.78 is 15.3. The van der Waals surface area contributed by atoms with E-state index >= 15 is 0 Å². The maximum absolute atomic E-state index is 12.1. The minimum atomic E-state index is -0.349. The van der Waals surface area contributed by atoms with Gasteiger partial charge < -0.3 is 24.8 Å². The van der Waals surface area contributed by atoms with E-state index in [1.807, 2.05) is 0 Å². The SMILES string of the molecule is CCOC(=O)c1ccc(NCCC(=O)Nc2ccc(OC)c(OC)c2)cc1. The van der Waals surface area contributed by atoms with E-state index in [0.717, 1.165) is 5.69 Å². The van der Waals surface area contributed by atoms with Gasteiger partial charge in [0.05, 0.1) is 26.4 Å². The summed E-state index contributed by atoms with van der Waals surface area (Å²) in [6.45, 7) is 2.56. The second-order valence-corrected chi connectivity index (χ2v) is 5.59. The van der Waals surface area contributed by atoms with Crippen molar-refractivity contribution in [3.05, 3.63) is 48.0 Å². The van der Waals surface area contributed by atoms with Gasteiger partial charge in [-0.05, 0) is 43.3 Å². The Morgan fingerprint density at radius 3 is 2.22 bits per heavy atom. The van der Waals surface area contributed by atoms with Crippen molar-refractivity contribution in [1.29, 1.82) is 0 Å². The van der Waals surface area contributed by atoms with E-state index < -0.39 is 0 Å². The van der Waals surface area contributed by atoms with Crippen molar-refractivity contribution < 1.29 is 23.8 Å². The molecule has 0 aliphatic carbocycles. The summed E-state index contributed by atoms with van der Waals surface area (Å²) in [6.07, 6.45) is 0.286. The molecule has 0 radical (unpaired) electrons. The number of carbonyl (C=O) groups is 2. The summed E-state index contributed by atoms with van der Waals surface area (Å²) >= 11 is 0. The largest absolute Gasteiger partial charge is 0.493 e. The number of rotatable bonds is 9. The van der Waals surface area contributed by atoms with Crippen LogP contribution in [0.25, 0.3) is 0 Å². The molecule has 0 fully saturated rings. The number of hydrogen-bond donors (Lipinski definition) is 2. The molecule has 2 aromatic rings. The lowest BCUT2D eigenvalue weighted by atomic mass is 10.2. The second-order valence-electron chi connectivity index (χ2n) is 5.59. The zero-order valence-electron chi connectivity index (χ0n) is 15.7. The quantitative estimate of drug-likeness (QED) is 0.657. The predicted molar refractivity (Wildman–Crippen MR) is 104 cm³/mol. The van der Waals surface area contributed by atoms with Gasteiger partial charge in [-0.2, -0.15) is 0 Å². The van der Waals surface area contributed by atoms with Crippen LogP contribution in [0.15, 0.2) is 42.5 Å². The van der Waals surface area contributed by atoms with E-state index in [1.54, 1.807) is 63.6 Å². The summed E-state index contributed by atoms with van der Waals surface area (Å²) in [6, 6.07) is 12.1. The molecule has 0 aliphatic heterocycles. The van der Waals surface area contributed by atoms with Gasteiger partial charge in [-0.1, -0.05) is 0 Å². The summed E-state index contributed by atoms with van der Waals surface area (Å²) in [4.78, 5) is 23.7. The molecule has 0 aromatic heterocycles. The van der Waals surface area contributed by atoms with Crippen LogP contribution in [0.2, 0.25) is 0 Å². The van der Waals surface area contributed by atoms with Gasteiger partial charge in [0.15, 0.2) is 11.5 Å². The third kappa shape index (κ3) is 5.91. The van der Waals surface area contributed by atoms with Crippen LogP contribution in [0.1, 0.15) is 23.7 Å². The second kappa shape index (κ2) is 10.1. The Balaban J connectivity index is 1.81. The number of methoxy groups -OCH3 is 2. The first-order valence-electron chi connectivity index (χ1n) is 8.60. The van der Waals surface area contributed by atoms with Crippen molar-refractivity contribution in [2.45, 2.75) is 13.3 Å². The van der Waals surface area contributed by atoms with Gasteiger partial charge in [-0.15, -0.1) is 0 Å². The van der Waals surface area contributed by atoms with Crippen LogP contribution in [-0.2, 0) is 9.53 Å². The molecule has 7 nitrogen and oxygen atoms in total. The number of ether oxygens (including phenoxy) is 3. The molecule has 1 amide bonds. The highest BCUT2D eigenvalue weighted by molar-refractivity contribution is 5.91.